The van der Waals surface area contributed by atoms with Gasteiger partial charge in [-0.3, -0.25) is 4.79 Å². The van der Waals surface area contributed by atoms with E-state index in [1.165, 1.54) is 0 Å². The Balaban J connectivity index is 2.59. The minimum absolute atomic E-state index is 0.219. The Bertz CT molecular complexity index is 281. The first-order valence-electron chi connectivity index (χ1n) is 5.66. The molecule has 0 fully saturated rings. The van der Waals surface area contributed by atoms with E-state index in [4.69, 9.17) is 0 Å². The van der Waals surface area contributed by atoms with Crippen molar-refractivity contribution in [2.45, 2.75) is 58.4 Å². The van der Waals surface area contributed by atoms with Gasteiger partial charge in [-0.2, -0.15) is 0 Å². The van der Waals surface area contributed by atoms with Crippen LogP contribution in [0.4, 0.5) is 4.39 Å². The number of nitrogens with one attached hydrogen (secondary N) is 1. The zero-order valence-electron chi connectivity index (χ0n) is 9.82. The number of allylic oxidation sites excluding steroid dienone is 1. The third kappa shape index (κ3) is 3.33. The van der Waals surface area contributed by atoms with Gasteiger partial charge in [-0.15, -0.1) is 0 Å². The predicted octanol–water partition coefficient (Wildman–Crippen LogP) is 3.09. The maximum absolute atomic E-state index is 13.2. The maximum atomic E-state index is 13.2. The highest BCUT2D eigenvalue weighted by molar-refractivity contribution is 5.94. The Labute approximate surface area is 90.9 Å². The smallest absolute Gasteiger partial charge is 0.250 e. The van der Waals surface area contributed by atoms with E-state index < -0.39 is 0 Å². The van der Waals surface area contributed by atoms with Crippen molar-refractivity contribution >= 4 is 5.91 Å². The van der Waals surface area contributed by atoms with E-state index in [0.29, 0.717) is 18.4 Å². The van der Waals surface area contributed by atoms with Gasteiger partial charge < -0.3 is 5.32 Å². The summed E-state index contributed by atoms with van der Waals surface area (Å²) in [6, 6.07) is 0. The summed E-state index contributed by atoms with van der Waals surface area (Å²) in [6.07, 6.45) is 3.70. The Kier molecular flexibility index (Phi) is 3.89. The van der Waals surface area contributed by atoms with Crippen molar-refractivity contribution in [3.05, 3.63) is 11.4 Å². The molecule has 0 bridgehead atoms. The standard InChI is InChI=1S/C12H20FNO/c1-4-8-12(2,3)14-11(15)9-6-5-7-10(9)13/h4-8H2,1-3H3,(H,14,15). The van der Waals surface area contributed by atoms with E-state index in [9.17, 15) is 9.18 Å². The van der Waals surface area contributed by atoms with Gasteiger partial charge in [0.25, 0.3) is 0 Å². The number of carbonyl (C=O) groups is 1. The number of hydrogen-bond donors (Lipinski definition) is 1. The molecule has 1 N–H and O–H groups in total. The van der Waals surface area contributed by atoms with Crippen LogP contribution in [-0.4, -0.2) is 11.4 Å². The summed E-state index contributed by atoms with van der Waals surface area (Å²) < 4.78 is 13.2. The molecule has 0 aromatic rings. The Hall–Kier alpha value is -0.860. The molecule has 0 saturated heterocycles. The molecule has 15 heavy (non-hydrogen) atoms. The van der Waals surface area contributed by atoms with Crippen molar-refractivity contribution in [2.24, 2.45) is 0 Å². The second-order valence-electron chi connectivity index (χ2n) is 4.83. The van der Waals surface area contributed by atoms with Crippen LogP contribution in [0.2, 0.25) is 0 Å². The maximum Gasteiger partial charge on any atom is 0.250 e. The zero-order chi connectivity index (χ0) is 11.5. The molecule has 1 amide bonds. The van der Waals surface area contributed by atoms with Crippen LogP contribution >= 0.6 is 0 Å². The Morgan fingerprint density at radius 1 is 1.47 bits per heavy atom. The number of amides is 1. The fourth-order valence-electron chi connectivity index (χ4n) is 2.01. The van der Waals surface area contributed by atoms with Gasteiger partial charge in [0, 0.05) is 11.1 Å². The molecule has 0 aliphatic heterocycles. The van der Waals surface area contributed by atoms with Gasteiger partial charge >= 0.3 is 0 Å². The number of halogens is 1. The summed E-state index contributed by atoms with van der Waals surface area (Å²) in [6.45, 7) is 6.02. The summed E-state index contributed by atoms with van der Waals surface area (Å²) in [5.74, 6) is -0.441. The zero-order valence-corrected chi connectivity index (χ0v) is 9.82. The number of rotatable bonds is 4. The number of carbonyl (C=O) groups excluding carboxylic acids is 1. The highest BCUT2D eigenvalue weighted by atomic mass is 19.1. The van der Waals surface area contributed by atoms with Crippen molar-refractivity contribution in [3.8, 4) is 0 Å². The average molecular weight is 213 g/mol. The number of hydrogen-bond acceptors (Lipinski definition) is 1. The largest absolute Gasteiger partial charge is 0.347 e. The van der Waals surface area contributed by atoms with Crippen molar-refractivity contribution in [2.75, 3.05) is 0 Å². The first-order valence-corrected chi connectivity index (χ1v) is 5.66. The Morgan fingerprint density at radius 3 is 2.60 bits per heavy atom. The van der Waals surface area contributed by atoms with Crippen molar-refractivity contribution < 1.29 is 9.18 Å². The Morgan fingerprint density at radius 2 is 2.13 bits per heavy atom. The molecule has 0 radical (unpaired) electrons. The second-order valence-corrected chi connectivity index (χ2v) is 4.83. The summed E-state index contributed by atoms with van der Waals surface area (Å²) in [5.41, 5.74) is 0.126. The van der Waals surface area contributed by atoms with Gasteiger partial charge in [-0.25, -0.2) is 4.39 Å². The molecular formula is C12H20FNO. The van der Waals surface area contributed by atoms with E-state index in [0.717, 1.165) is 19.3 Å². The fourth-order valence-corrected chi connectivity index (χ4v) is 2.01. The third-order valence-electron chi connectivity index (χ3n) is 2.75. The van der Waals surface area contributed by atoms with E-state index in [2.05, 4.69) is 12.2 Å². The van der Waals surface area contributed by atoms with Crippen LogP contribution in [0.15, 0.2) is 11.4 Å². The SMILES string of the molecule is CCCC(C)(C)NC(=O)C1=C(F)CCC1. The summed E-state index contributed by atoms with van der Waals surface area (Å²) in [7, 11) is 0. The van der Waals surface area contributed by atoms with Crippen LogP contribution in [0.5, 0.6) is 0 Å². The molecule has 0 aromatic heterocycles. The highest BCUT2D eigenvalue weighted by Crippen LogP contribution is 2.27. The molecule has 0 spiro atoms. The molecule has 0 saturated carbocycles. The molecule has 0 atom stereocenters. The third-order valence-corrected chi connectivity index (χ3v) is 2.75. The lowest BCUT2D eigenvalue weighted by Gasteiger charge is -2.26. The molecular weight excluding hydrogens is 193 g/mol. The van der Waals surface area contributed by atoms with E-state index >= 15 is 0 Å². The van der Waals surface area contributed by atoms with Crippen molar-refractivity contribution in [3.63, 3.8) is 0 Å². The molecule has 0 aromatic carbocycles. The minimum atomic E-state index is -0.234. The van der Waals surface area contributed by atoms with E-state index in [1.54, 1.807) is 0 Å². The van der Waals surface area contributed by atoms with Crippen LogP contribution in [0.3, 0.4) is 0 Å². The minimum Gasteiger partial charge on any atom is -0.347 e. The summed E-state index contributed by atoms with van der Waals surface area (Å²) >= 11 is 0. The van der Waals surface area contributed by atoms with Gasteiger partial charge in [0.1, 0.15) is 5.83 Å². The molecule has 86 valence electrons. The van der Waals surface area contributed by atoms with Gasteiger partial charge in [0.05, 0.1) is 0 Å². The highest BCUT2D eigenvalue weighted by Gasteiger charge is 2.25. The van der Waals surface area contributed by atoms with Crippen molar-refractivity contribution in [1.29, 1.82) is 0 Å². The van der Waals surface area contributed by atoms with Crippen LogP contribution in [0, 0.1) is 0 Å². The molecule has 1 aliphatic carbocycles. The summed E-state index contributed by atoms with van der Waals surface area (Å²) in [4.78, 5) is 11.7. The van der Waals surface area contributed by atoms with Gasteiger partial charge in [-0.1, -0.05) is 13.3 Å². The second kappa shape index (κ2) is 4.77. The van der Waals surface area contributed by atoms with Crippen LogP contribution < -0.4 is 5.32 Å². The topological polar surface area (TPSA) is 29.1 Å². The van der Waals surface area contributed by atoms with Gasteiger partial charge in [0.15, 0.2) is 0 Å². The van der Waals surface area contributed by atoms with Gasteiger partial charge in [0.2, 0.25) is 5.91 Å². The van der Waals surface area contributed by atoms with Crippen LogP contribution in [0.1, 0.15) is 52.9 Å². The fraction of sp³-hybridized carbons (Fsp3) is 0.750. The lowest BCUT2D eigenvalue weighted by Crippen LogP contribution is -2.43. The molecule has 2 nitrogen and oxygen atoms in total. The first kappa shape index (κ1) is 12.2. The van der Waals surface area contributed by atoms with E-state index in [1.807, 2.05) is 13.8 Å². The lowest BCUT2D eigenvalue weighted by molar-refractivity contribution is -0.119. The molecule has 1 aliphatic rings. The average Bonchev–Trinajstić information content (AvgIpc) is 2.50. The molecule has 0 unspecified atom stereocenters. The van der Waals surface area contributed by atoms with Gasteiger partial charge in [-0.05, 0) is 39.5 Å². The molecule has 0 heterocycles. The normalized spacial score (nSPS) is 17.1. The lowest BCUT2D eigenvalue weighted by atomic mass is 9.98. The monoisotopic (exact) mass is 213 g/mol. The predicted molar refractivity (Wildman–Crippen MR) is 59.1 cm³/mol. The molecule has 1 rings (SSSR count). The van der Waals surface area contributed by atoms with Crippen LogP contribution in [-0.2, 0) is 4.79 Å². The summed E-state index contributed by atoms with van der Waals surface area (Å²) in [5, 5.41) is 2.89. The van der Waals surface area contributed by atoms with Crippen molar-refractivity contribution in [1.82, 2.24) is 5.32 Å². The van der Waals surface area contributed by atoms with E-state index in [-0.39, 0.29) is 17.3 Å². The molecule has 3 heteroatoms. The van der Waals surface area contributed by atoms with Crippen LogP contribution in [0.25, 0.3) is 0 Å². The first-order chi connectivity index (χ1) is 6.96. The quantitative estimate of drug-likeness (QED) is 0.764.